The van der Waals surface area contributed by atoms with Gasteiger partial charge in [-0.05, 0) is 131 Å². The molecule has 3 aliphatic carbocycles. The largest absolute Gasteiger partial charge is 0.207 e. The molecule has 0 aliphatic heterocycles. The van der Waals surface area contributed by atoms with Gasteiger partial charge in [0.15, 0.2) is 0 Å². The molecule has 30 heavy (non-hydrogen) atoms. The average Bonchev–Trinajstić information content (AvgIpc) is 2.75. The van der Waals surface area contributed by atoms with Gasteiger partial charge in [-0.3, -0.25) is 0 Å². The summed E-state index contributed by atoms with van der Waals surface area (Å²) in [5.41, 5.74) is 1.15. The van der Waals surface area contributed by atoms with Crippen LogP contribution in [0.1, 0.15) is 102 Å². The fourth-order valence-corrected chi connectivity index (χ4v) is 7.00. The molecule has 3 fully saturated rings. The topological polar surface area (TPSA) is 0 Å². The molecular weight excluding hydrogens is 374 g/mol. The Kier molecular flexibility index (Phi) is 7.32. The van der Waals surface area contributed by atoms with E-state index >= 15 is 0 Å². The van der Waals surface area contributed by atoms with Gasteiger partial charge in [-0.25, -0.2) is 8.78 Å². The fraction of sp³-hybridized carbons (Fsp3) is 0.714. The van der Waals surface area contributed by atoms with E-state index in [4.69, 9.17) is 0 Å². The van der Waals surface area contributed by atoms with Gasteiger partial charge in [0.25, 0.3) is 0 Å². The number of rotatable bonds is 5. The third-order valence-electron chi connectivity index (χ3n) is 8.79. The molecule has 0 amide bonds. The summed E-state index contributed by atoms with van der Waals surface area (Å²) in [5.74, 6) is 4.31. The lowest BCUT2D eigenvalue weighted by Gasteiger charge is -2.45. The molecule has 0 spiro atoms. The molecule has 4 unspecified atom stereocenters. The van der Waals surface area contributed by atoms with E-state index in [0.717, 1.165) is 48.0 Å². The van der Waals surface area contributed by atoms with Gasteiger partial charge < -0.3 is 0 Å². The summed E-state index contributed by atoms with van der Waals surface area (Å²) in [6.07, 6.45) is 18.4. The molecule has 166 valence electrons. The molecule has 4 rings (SSSR count). The van der Waals surface area contributed by atoms with E-state index < -0.39 is 0 Å². The summed E-state index contributed by atoms with van der Waals surface area (Å²) >= 11 is 0. The lowest BCUT2D eigenvalue weighted by Crippen LogP contribution is -2.34. The van der Waals surface area contributed by atoms with Crippen molar-refractivity contribution in [2.75, 3.05) is 0 Å². The molecule has 4 atom stereocenters. The van der Waals surface area contributed by atoms with E-state index in [2.05, 4.69) is 6.92 Å². The van der Waals surface area contributed by atoms with Crippen LogP contribution >= 0.6 is 0 Å². The molecule has 1 aromatic carbocycles. The summed E-state index contributed by atoms with van der Waals surface area (Å²) < 4.78 is 29.2. The highest BCUT2D eigenvalue weighted by Gasteiger charge is 2.38. The van der Waals surface area contributed by atoms with Gasteiger partial charge in [0.05, 0.1) is 0 Å². The molecule has 3 saturated carbocycles. The highest BCUT2D eigenvalue weighted by Crippen LogP contribution is 2.49. The van der Waals surface area contributed by atoms with E-state index in [1.807, 2.05) is 19.1 Å². The van der Waals surface area contributed by atoms with E-state index in [1.165, 1.54) is 51.4 Å². The average molecular weight is 415 g/mol. The Balaban J connectivity index is 1.32. The fourth-order valence-electron chi connectivity index (χ4n) is 7.00. The third kappa shape index (κ3) is 5.00. The first kappa shape index (κ1) is 22.0. The Morgan fingerprint density at radius 1 is 0.800 bits per heavy atom. The van der Waals surface area contributed by atoms with Crippen molar-refractivity contribution in [3.05, 3.63) is 47.0 Å². The first-order valence-corrected chi connectivity index (χ1v) is 12.6. The van der Waals surface area contributed by atoms with Crippen LogP contribution in [0.15, 0.2) is 24.3 Å². The highest BCUT2D eigenvalue weighted by atomic mass is 19.1. The van der Waals surface area contributed by atoms with Crippen LogP contribution in [-0.2, 0) is 6.42 Å². The van der Waals surface area contributed by atoms with E-state index in [1.54, 1.807) is 12.1 Å². The lowest BCUT2D eigenvalue weighted by atomic mass is 9.61. The van der Waals surface area contributed by atoms with Crippen LogP contribution in [-0.4, -0.2) is 0 Å². The van der Waals surface area contributed by atoms with E-state index in [-0.39, 0.29) is 17.2 Å². The number of halogens is 2. The smallest absolute Gasteiger partial charge is 0.129 e. The van der Waals surface area contributed by atoms with E-state index in [9.17, 15) is 8.78 Å². The molecular formula is C28H40F2. The first-order chi connectivity index (χ1) is 14.5. The Hall–Kier alpha value is -1.18. The number of benzene rings is 1. The predicted octanol–water partition coefficient (Wildman–Crippen LogP) is 8.60. The van der Waals surface area contributed by atoms with Gasteiger partial charge in [-0.2, -0.15) is 0 Å². The number of hydrogen-bond acceptors (Lipinski definition) is 0. The van der Waals surface area contributed by atoms with Crippen LogP contribution in [0.3, 0.4) is 0 Å². The Labute approximate surface area is 182 Å². The highest BCUT2D eigenvalue weighted by molar-refractivity contribution is 5.29. The Morgan fingerprint density at radius 2 is 1.37 bits per heavy atom. The summed E-state index contributed by atoms with van der Waals surface area (Å²) in [5, 5.41) is 0. The molecule has 0 aromatic heterocycles. The minimum atomic E-state index is -0.346. The lowest BCUT2D eigenvalue weighted by molar-refractivity contribution is 0.0672. The predicted molar refractivity (Wildman–Crippen MR) is 122 cm³/mol. The zero-order valence-corrected chi connectivity index (χ0v) is 19.0. The maximum Gasteiger partial charge on any atom is 0.129 e. The van der Waals surface area contributed by atoms with Crippen LogP contribution in [0.2, 0.25) is 0 Å². The van der Waals surface area contributed by atoms with Crippen LogP contribution < -0.4 is 0 Å². The molecule has 0 saturated heterocycles. The van der Waals surface area contributed by atoms with Gasteiger partial charge >= 0.3 is 0 Å². The maximum absolute atomic E-state index is 14.6. The van der Waals surface area contributed by atoms with Crippen LogP contribution in [0.4, 0.5) is 8.78 Å². The van der Waals surface area contributed by atoms with Gasteiger partial charge in [-0.15, -0.1) is 0 Å². The second-order valence-electron chi connectivity index (χ2n) is 10.7. The van der Waals surface area contributed by atoms with Crippen molar-refractivity contribution >= 4 is 0 Å². The van der Waals surface area contributed by atoms with Crippen molar-refractivity contribution < 1.29 is 8.78 Å². The standard InChI is InChI=1S/C28H40F2/c1-3-4-5-6-26-27(29)17-25(18-28(26)30)21-11-9-20(10-12-21)23-14-13-22-15-19(2)7-8-24(22)16-23/h3-4,17-24H,5-16H2,1-2H3/b4-3+. The molecule has 0 N–H and O–H groups in total. The molecule has 0 radical (unpaired) electrons. The molecule has 0 bridgehead atoms. The van der Waals surface area contributed by atoms with Crippen molar-refractivity contribution in [2.45, 2.75) is 96.8 Å². The normalized spacial score (nSPS) is 34.8. The van der Waals surface area contributed by atoms with Crippen LogP contribution in [0, 0.1) is 41.2 Å². The second kappa shape index (κ2) is 9.96. The summed E-state index contributed by atoms with van der Waals surface area (Å²) in [6, 6.07) is 3.26. The molecule has 0 heterocycles. The van der Waals surface area contributed by atoms with Crippen molar-refractivity contribution in [3.8, 4) is 0 Å². The molecule has 3 aliphatic rings. The maximum atomic E-state index is 14.6. The zero-order valence-electron chi connectivity index (χ0n) is 19.0. The summed E-state index contributed by atoms with van der Waals surface area (Å²) in [7, 11) is 0. The molecule has 0 nitrogen and oxygen atoms in total. The van der Waals surface area contributed by atoms with Crippen molar-refractivity contribution in [3.63, 3.8) is 0 Å². The van der Waals surface area contributed by atoms with Crippen molar-refractivity contribution in [2.24, 2.45) is 29.6 Å². The van der Waals surface area contributed by atoms with Crippen molar-refractivity contribution in [1.29, 1.82) is 0 Å². The first-order valence-electron chi connectivity index (χ1n) is 12.6. The minimum absolute atomic E-state index is 0.254. The zero-order chi connectivity index (χ0) is 21.1. The molecule has 1 aromatic rings. The van der Waals surface area contributed by atoms with Crippen molar-refractivity contribution in [1.82, 2.24) is 0 Å². The second-order valence-corrected chi connectivity index (χ2v) is 10.7. The Bertz CT molecular complexity index is 705. The monoisotopic (exact) mass is 414 g/mol. The number of hydrogen-bond donors (Lipinski definition) is 0. The van der Waals surface area contributed by atoms with Gasteiger partial charge in [0, 0.05) is 5.56 Å². The van der Waals surface area contributed by atoms with Crippen LogP contribution in [0.25, 0.3) is 0 Å². The number of allylic oxidation sites excluding steroid dienone is 2. The van der Waals surface area contributed by atoms with Gasteiger partial charge in [0.1, 0.15) is 11.6 Å². The number of fused-ring (bicyclic) bond motifs is 1. The van der Waals surface area contributed by atoms with Gasteiger partial charge in [-0.1, -0.05) is 25.5 Å². The third-order valence-corrected chi connectivity index (χ3v) is 8.79. The molecule has 2 heteroatoms. The minimum Gasteiger partial charge on any atom is -0.207 e. The van der Waals surface area contributed by atoms with Crippen LogP contribution in [0.5, 0.6) is 0 Å². The summed E-state index contributed by atoms with van der Waals surface area (Å²) in [4.78, 5) is 0. The summed E-state index contributed by atoms with van der Waals surface area (Å²) in [6.45, 7) is 4.37. The SMILES string of the molecule is C/C=C/CCc1c(F)cc(C2CCC(C3CCC4CC(C)CCC4C3)CC2)cc1F. The quantitative estimate of drug-likeness (QED) is 0.423. The Morgan fingerprint density at radius 3 is 2.03 bits per heavy atom. The van der Waals surface area contributed by atoms with Gasteiger partial charge in [0.2, 0.25) is 0 Å². The van der Waals surface area contributed by atoms with E-state index in [0.29, 0.717) is 18.8 Å².